The van der Waals surface area contributed by atoms with Gasteiger partial charge in [0, 0.05) is 12.7 Å². The van der Waals surface area contributed by atoms with E-state index < -0.39 is 5.91 Å². The highest BCUT2D eigenvalue weighted by atomic mass is 16.5. The van der Waals surface area contributed by atoms with Crippen LogP contribution in [0.4, 0.5) is 0 Å². The average molecular weight is 440 g/mol. The van der Waals surface area contributed by atoms with Crippen molar-refractivity contribution in [3.05, 3.63) is 59.3 Å². The first-order valence-electron chi connectivity index (χ1n) is 10.0. The molecule has 0 aliphatic carbocycles. The first-order valence-corrected chi connectivity index (χ1v) is 10.0. The molecule has 0 bridgehead atoms. The Morgan fingerprint density at radius 2 is 1.56 bits per heavy atom. The van der Waals surface area contributed by atoms with Crippen molar-refractivity contribution in [3.8, 4) is 29.1 Å². The van der Waals surface area contributed by atoms with E-state index in [1.165, 1.54) is 6.20 Å². The van der Waals surface area contributed by atoms with Crippen molar-refractivity contribution in [3.63, 3.8) is 0 Å². The van der Waals surface area contributed by atoms with Gasteiger partial charge >= 0.3 is 0 Å². The van der Waals surface area contributed by atoms with Crippen LogP contribution < -0.4 is 29.6 Å². The smallest absolute Gasteiger partial charge is 0.263 e. The van der Waals surface area contributed by atoms with E-state index in [0.717, 1.165) is 11.1 Å². The Hall–Kier alpha value is -3.86. The Morgan fingerprint density at radius 1 is 0.969 bits per heavy atom. The molecule has 1 amide bonds. The predicted octanol–water partition coefficient (Wildman–Crippen LogP) is 3.14. The zero-order valence-corrected chi connectivity index (χ0v) is 19.0. The molecule has 0 aliphatic heterocycles. The average Bonchev–Trinajstić information content (AvgIpc) is 2.83. The number of nitriles is 1. The van der Waals surface area contributed by atoms with Gasteiger partial charge in [0.25, 0.3) is 5.91 Å². The van der Waals surface area contributed by atoms with Crippen molar-refractivity contribution in [1.82, 2.24) is 10.6 Å². The van der Waals surface area contributed by atoms with E-state index in [1.54, 1.807) is 40.6 Å². The first kappa shape index (κ1) is 24.4. The molecule has 2 rings (SSSR count). The number of amides is 1. The molecule has 2 aromatic rings. The molecular formula is C24H29N3O5. The molecule has 8 heteroatoms. The topological polar surface area (TPSA) is 102 Å². The van der Waals surface area contributed by atoms with Crippen LogP contribution in [0.3, 0.4) is 0 Å². The third-order valence-corrected chi connectivity index (χ3v) is 4.87. The van der Waals surface area contributed by atoms with Crippen LogP contribution >= 0.6 is 0 Å². The van der Waals surface area contributed by atoms with Crippen LogP contribution in [-0.2, 0) is 11.2 Å². The van der Waals surface area contributed by atoms with Gasteiger partial charge in [0.15, 0.2) is 23.0 Å². The molecular weight excluding hydrogens is 410 g/mol. The number of methoxy groups -OCH3 is 4. The molecule has 0 fully saturated rings. The number of rotatable bonds is 11. The monoisotopic (exact) mass is 439 g/mol. The van der Waals surface area contributed by atoms with Crippen LogP contribution in [-0.4, -0.2) is 40.9 Å². The highest BCUT2D eigenvalue weighted by molar-refractivity contribution is 5.97. The number of ether oxygens (including phenoxy) is 4. The summed E-state index contributed by atoms with van der Waals surface area (Å²) >= 11 is 0. The van der Waals surface area contributed by atoms with Crippen LogP contribution in [0.2, 0.25) is 0 Å². The van der Waals surface area contributed by atoms with Gasteiger partial charge in [-0.15, -0.1) is 0 Å². The van der Waals surface area contributed by atoms with Gasteiger partial charge < -0.3 is 29.6 Å². The highest BCUT2D eigenvalue weighted by Gasteiger charge is 2.15. The van der Waals surface area contributed by atoms with Gasteiger partial charge in [0.05, 0.1) is 34.5 Å². The molecule has 1 atom stereocenters. The summed E-state index contributed by atoms with van der Waals surface area (Å²) in [5.41, 5.74) is 1.85. The summed E-state index contributed by atoms with van der Waals surface area (Å²) in [6.07, 6.45) is 2.11. The molecule has 0 saturated heterocycles. The fourth-order valence-corrected chi connectivity index (χ4v) is 3.06. The second-order valence-corrected chi connectivity index (χ2v) is 6.87. The molecule has 2 aromatic carbocycles. The SMILES string of the molecule is COc1ccc(CCN/C=C(/C#N)C(=O)NC(C)c2ccc(OC)c(OC)c2)cc1OC. The van der Waals surface area contributed by atoms with Crippen LogP contribution in [0.25, 0.3) is 0 Å². The van der Waals surface area contributed by atoms with E-state index in [9.17, 15) is 10.1 Å². The highest BCUT2D eigenvalue weighted by Crippen LogP contribution is 2.30. The van der Waals surface area contributed by atoms with E-state index >= 15 is 0 Å². The number of nitrogens with zero attached hydrogens (tertiary/aromatic N) is 1. The van der Waals surface area contributed by atoms with E-state index in [0.29, 0.717) is 36.0 Å². The molecule has 0 aliphatic rings. The van der Waals surface area contributed by atoms with Gasteiger partial charge in [-0.25, -0.2) is 0 Å². The summed E-state index contributed by atoms with van der Waals surface area (Å²) in [4.78, 5) is 12.5. The zero-order valence-electron chi connectivity index (χ0n) is 19.0. The van der Waals surface area contributed by atoms with Crippen molar-refractivity contribution in [2.75, 3.05) is 35.0 Å². The normalized spacial score (nSPS) is 11.7. The third kappa shape index (κ3) is 6.32. The van der Waals surface area contributed by atoms with Crippen LogP contribution in [0.1, 0.15) is 24.1 Å². The Bertz CT molecular complexity index is 998. The lowest BCUT2D eigenvalue weighted by molar-refractivity contribution is -0.117. The van der Waals surface area contributed by atoms with Crippen LogP contribution in [0.5, 0.6) is 23.0 Å². The molecule has 0 spiro atoms. The molecule has 32 heavy (non-hydrogen) atoms. The minimum Gasteiger partial charge on any atom is -0.493 e. The summed E-state index contributed by atoms with van der Waals surface area (Å²) in [5, 5.41) is 15.2. The summed E-state index contributed by atoms with van der Waals surface area (Å²) < 4.78 is 21.1. The molecule has 1 unspecified atom stereocenters. The van der Waals surface area contributed by atoms with Gasteiger partial charge in [0.1, 0.15) is 11.6 Å². The molecule has 0 radical (unpaired) electrons. The molecule has 0 saturated carbocycles. The summed E-state index contributed by atoms with van der Waals surface area (Å²) in [7, 11) is 6.29. The van der Waals surface area contributed by atoms with Crippen molar-refractivity contribution in [2.24, 2.45) is 0 Å². The number of hydrogen-bond donors (Lipinski definition) is 2. The number of carbonyl (C=O) groups excluding carboxylic acids is 1. The lowest BCUT2D eigenvalue weighted by Crippen LogP contribution is -2.28. The first-order chi connectivity index (χ1) is 15.5. The van der Waals surface area contributed by atoms with Gasteiger partial charge in [-0.2, -0.15) is 5.26 Å². The van der Waals surface area contributed by atoms with E-state index in [2.05, 4.69) is 10.6 Å². The van der Waals surface area contributed by atoms with Gasteiger partial charge in [-0.1, -0.05) is 12.1 Å². The maximum Gasteiger partial charge on any atom is 0.263 e. The Labute approximate surface area is 188 Å². The van der Waals surface area contributed by atoms with E-state index in [-0.39, 0.29) is 11.6 Å². The molecule has 0 aromatic heterocycles. The second kappa shape index (κ2) is 12.1. The van der Waals surface area contributed by atoms with Crippen molar-refractivity contribution in [2.45, 2.75) is 19.4 Å². The molecule has 2 N–H and O–H groups in total. The van der Waals surface area contributed by atoms with Crippen LogP contribution in [0.15, 0.2) is 48.2 Å². The zero-order chi connectivity index (χ0) is 23.5. The largest absolute Gasteiger partial charge is 0.493 e. The maximum atomic E-state index is 12.5. The van der Waals surface area contributed by atoms with Crippen molar-refractivity contribution >= 4 is 5.91 Å². The summed E-state index contributed by atoms with van der Waals surface area (Å²) in [6.45, 7) is 2.37. The number of benzene rings is 2. The Balaban J connectivity index is 1.95. The molecule has 8 nitrogen and oxygen atoms in total. The van der Waals surface area contributed by atoms with Crippen LogP contribution in [0, 0.1) is 11.3 Å². The van der Waals surface area contributed by atoms with Crippen molar-refractivity contribution < 1.29 is 23.7 Å². The number of carbonyl (C=O) groups is 1. The standard InChI is InChI=1S/C24H29N3O5/c1-16(18-7-9-21(30-3)23(13-18)32-5)27-24(28)19(14-25)15-26-11-10-17-6-8-20(29-2)22(12-17)31-4/h6-9,12-13,15-16,26H,10-11H2,1-5H3,(H,27,28)/b19-15-. The van der Waals surface area contributed by atoms with Gasteiger partial charge in [-0.05, 0) is 48.7 Å². The van der Waals surface area contributed by atoms with Gasteiger partial charge in [0.2, 0.25) is 0 Å². The molecule has 170 valence electrons. The minimum atomic E-state index is -0.464. The lowest BCUT2D eigenvalue weighted by atomic mass is 10.1. The fraction of sp³-hybridized carbons (Fsp3) is 0.333. The lowest BCUT2D eigenvalue weighted by Gasteiger charge is -2.16. The summed E-state index contributed by atoms with van der Waals surface area (Å²) in [6, 6.07) is 12.7. The Morgan fingerprint density at radius 3 is 2.16 bits per heavy atom. The van der Waals surface area contributed by atoms with E-state index in [1.807, 2.05) is 37.3 Å². The maximum absolute atomic E-state index is 12.5. The van der Waals surface area contributed by atoms with Gasteiger partial charge in [-0.3, -0.25) is 4.79 Å². The molecule has 0 heterocycles. The summed E-state index contributed by atoms with van der Waals surface area (Å²) in [5.74, 6) is 2.02. The third-order valence-electron chi connectivity index (χ3n) is 4.87. The van der Waals surface area contributed by atoms with Crippen molar-refractivity contribution in [1.29, 1.82) is 5.26 Å². The number of nitrogens with one attached hydrogen (secondary N) is 2. The Kier molecular flexibility index (Phi) is 9.23. The minimum absolute atomic E-state index is 0.00959. The second-order valence-electron chi connectivity index (χ2n) is 6.87. The number of hydrogen-bond acceptors (Lipinski definition) is 7. The quantitative estimate of drug-likeness (QED) is 0.315. The van der Waals surface area contributed by atoms with E-state index in [4.69, 9.17) is 18.9 Å². The predicted molar refractivity (Wildman–Crippen MR) is 121 cm³/mol. The fourth-order valence-electron chi connectivity index (χ4n) is 3.06.